The topological polar surface area (TPSA) is 147 Å². The SMILES string of the molecule is CC(C)(C)OC(=O)NCCCC[C@@H](CC(=O)Nc1ccc2c(-c3ccncc3)c(-c3ccc(F)cc3)[nH]c2n1)NC(=O)OC(C)(C)C. The number of unbranched alkanes of at least 4 members (excludes halogenated alkanes) is 1. The van der Waals surface area contributed by atoms with Gasteiger partial charge in [0.25, 0.3) is 0 Å². The zero-order valence-corrected chi connectivity index (χ0v) is 27.7. The van der Waals surface area contributed by atoms with Crippen molar-refractivity contribution in [1.29, 1.82) is 0 Å². The standard InChI is InChI=1S/C35H43FN6O5/c1-34(2,3)46-32(44)38-18-8-7-9-25(39-33(45)47-35(4,5)6)21-28(43)40-27-15-14-26-29(22-16-19-37-20-17-22)30(42-31(26)41-27)23-10-12-24(36)13-11-23/h10-17,19-20,25H,7-9,18,21H2,1-6H3,(H,38,44)(H,39,45)(H2,40,41,42,43)/t25-/m0/s1. The summed E-state index contributed by atoms with van der Waals surface area (Å²) in [7, 11) is 0. The van der Waals surface area contributed by atoms with Gasteiger partial charge in [-0.05, 0) is 120 Å². The number of hydrogen-bond donors (Lipinski definition) is 4. The fraction of sp³-hybridized carbons (Fsp3) is 0.400. The molecule has 0 spiro atoms. The molecule has 4 aromatic rings. The summed E-state index contributed by atoms with van der Waals surface area (Å²) in [6.07, 6.45) is 3.98. The van der Waals surface area contributed by atoms with Crippen LogP contribution in [0.3, 0.4) is 0 Å². The van der Waals surface area contributed by atoms with Crippen molar-refractivity contribution in [1.82, 2.24) is 25.6 Å². The molecule has 0 saturated carbocycles. The second-order valence-electron chi connectivity index (χ2n) is 13.2. The number of aromatic amines is 1. The van der Waals surface area contributed by atoms with Crippen LogP contribution in [-0.2, 0) is 14.3 Å². The van der Waals surface area contributed by atoms with Crippen molar-refractivity contribution in [3.05, 3.63) is 66.7 Å². The molecule has 4 rings (SSSR count). The van der Waals surface area contributed by atoms with Crippen LogP contribution in [0.4, 0.5) is 19.8 Å². The number of fused-ring (bicyclic) bond motifs is 1. The number of carbonyl (C=O) groups excluding carboxylic acids is 3. The second-order valence-corrected chi connectivity index (χ2v) is 13.2. The molecule has 3 aromatic heterocycles. The highest BCUT2D eigenvalue weighted by molar-refractivity contribution is 6.03. The number of ether oxygens (including phenoxy) is 2. The van der Waals surface area contributed by atoms with E-state index in [2.05, 4.69) is 30.9 Å². The highest BCUT2D eigenvalue weighted by Crippen LogP contribution is 2.38. The van der Waals surface area contributed by atoms with Gasteiger partial charge in [-0.25, -0.2) is 19.0 Å². The number of alkyl carbamates (subject to hydrolysis) is 2. The van der Waals surface area contributed by atoms with Gasteiger partial charge >= 0.3 is 12.2 Å². The van der Waals surface area contributed by atoms with Crippen molar-refractivity contribution in [2.75, 3.05) is 11.9 Å². The Bertz CT molecular complexity index is 1680. The summed E-state index contributed by atoms with van der Waals surface area (Å²) in [5.74, 6) is -0.354. The minimum Gasteiger partial charge on any atom is -0.444 e. The predicted molar refractivity (Wildman–Crippen MR) is 179 cm³/mol. The van der Waals surface area contributed by atoms with Crippen LogP contribution in [0.15, 0.2) is 60.9 Å². The third kappa shape index (κ3) is 10.8. The molecule has 12 heteroatoms. The van der Waals surface area contributed by atoms with Crippen molar-refractivity contribution < 1.29 is 28.2 Å². The summed E-state index contributed by atoms with van der Waals surface area (Å²) in [6.45, 7) is 11.1. The molecule has 3 heterocycles. The van der Waals surface area contributed by atoms with Gasteiger partial charge in [0.1, 0.15) is 28.5 Å². The lowest BCUT2D eigenvalue weighted by molar-refractivity contribution is -0.116. The molecule has 0 aliphatic heterocycles. The number of carbonyl (C=O) groups is 3. The molecule has 3 amide bonds. The maximum Gasteiger partial charge on any atom is 0.407 e. The minimum absolute atomic E-state index is 0.0216. The Labute approximate surface area is 274 Å². The Morgan fingerprint density at radius 3 is 2.17 bits per heavy atom. The Morgan fingerprint density at radius 1 is 0.851 bits per heavy atom. The van der Waals surface area contributed by atoms with Gasteiger partial charge in [0, 0.05) is 42.4 Å². The fourth-order valence-electron chi connectivity index (χ4n) is 4.93. The smallest absolute Gasteiger partial charge is 0.407 e. The number of nitrogens with one attached hydrogen (secondary N) is 4. The Balaban J connectivity index is 1.46. The largest absolute Gasteiger partial charge is 0.444 e. The van der Waals surface area contributed by atoms with Crippen LogP contribution in [0.5, 0.6) is 0 Å². The highest BCUT2D eigenvalue weighted by Gasteiger charge is 2.23. The first kappa shape index (κ1) is 34.9. The number of nitrogens with zero attached hydrogens (tertiary/aromatic N) is 2. The van der Waals surface area contributed by atoms with E-state index in [4.69, 9.17) is 9.47 Å². The van der Waals surface area contributed by atoms with Crippen LogP contribution in [-0.4, -0.2) is 56.8 Å². The summed E-state index contributed by atoms with van der Waals surface area (Å²) in [4.78, 5) is 49.8. The second kappa shape index (κ2) is 15.1. The van der Waals surface area contributed by atoms with Gasteiger partial charge in [0.2, 0.25) is 5.91 Å². The molecule has 0 unspecified atom stereocenters. The fourth-order valence-corrected chi connectivity index (χ4v) is 4.93. The van der Waals surface area contributed by atoms with Crippen molar-refractivity contribution in [3.63, 3.8) is 0 Å². The van der Waals surface area contributed by atoms with E-state index < -0.39 is 29.4 Å². The third-order valence-electron chi connectivity index (χ3n) is 6.83. The molecule has 1 atom stereocenters. The maximum absolute atomic E-state index is 13.7. The van der Waals surface area contributed by atoms with Gasteiger partial charge < -0.3 is 30.4 Å². The van der Waals surface area contributed by atoms with Crippen molar-refractivity contribution >= 4 is 34.9 Å². The van der Waals surface area contributed by atoms with E-state index >= 15 is 0 Å². The average molecular weight is 647 g/mol. The van der Waals surface area contributed by atoms with Gasteiger partial charge in [-0.2, -0.15) is 0 Å². The first-order valence-electron chi connectivity index (χ1n) is 15.6. The molecule has 0 radical (unpaired) electrons. The maximum atomic E-state index is 13.7. The molecular weight excluding hydrogens is 603 g/mol. The third-order valence-corrected chi connectivity index (χ3v) is 6.83. The monoisotopic (exact) mass is 646 g/mol. The molecule has 0 bridgehead atoms. The lowest BCUT2D eigenvalue weighted by Crippen LogP contribution is -2.41. The molecule has 0 aliphatic carbocycles. The summed E-state index contributed by atoms with van der Waals surface area (Å²) in [5.41, 5.74) is 2.56. The molecule has 47 heavy (non-hydrogen) atoms. The lowest BCUT2D eigenvalue weighted by atomic mass is 10.00. The number of benzene rings is 1. The van der Waals surface area contributed by atoms with Crippen LogP contribution < -0.4 is 16.0 Å². The molecule has 0 aliphatic rings. The number of aromatic nitrogens is 3. The predicted octanol–water partition coefficient (Wildman–Crippen LogP) is 7.35. The molecule has 4 N–H and O–H groups in total. The van der Waals surface area contributed by atoms with Gasteiger partial charge in [-0.1, -0.05) is 0 Å². The van der Waals surface area contributed by atoms with Crippen LogP contribution in [0.25, 0.3) is 33.4 Å². The molecule has 1 aromatic carbocycles. The summed E-state index contributed by atoms with van der Waals surface area (Å²) < 4.78 is 24.4. The zero-order chi connectivity index (χ0) is 34.2. The Morgan fingerprint density at radius 2 is 1.51 bits per heavy atom. The number of amides is 3. The summed E-state index contributed by atoms with van der Waals surface area (Å²) in [5, 5.41) is 9.19. The van der Waals surface area contributed by atoms with E-state index in [0.29, 0.717) is 37.3 Å². The van der Waals surface area contributed by atoms with Crippen LogP contribution in [0.2, 0.25) is 0 Å². The lowest BCUT2D eigenvalue weighted by Gasteiger charge is -2.23. The van der Waals surface area contributed by atoms with Crippen molar-refractivity contribution in [3.8, 4) is 22.4 Å². The van der Waals surface area contributed by atoms with Gasteiger partial charge in [-0.15, -0.1) is 0 Å². The van der Waals surface area contributed by atoms with E-state index in [1.807, 2.05) is 18.2 Å². The van der Waals surface area contributed by atoms with Crippen LogP contribution in [0, 0.1) is 5.82 Å². The quantitative estimate of drug-likeness (QED) is 0.125. The van der Waals surface area contributed by atoms with E-state index in [1.165, 1.54) is 12.1 Å². The molecule has 11 nitrogen and oxygen atoms in total. The normalized spacial score (nSPS) is 12.3. The van der Waals surface area contributed by atoms with E-state index in [-0.39, 0.29) is 18.1 Å². The van der Waals surface area contributed by atoms with E-state index in [1.54, 1.807) is 72.1 Å². The van der Waals surface area contributed by atoms with Gasteiger partial charge in [0.15, 0.2) is 0 Å². The molecule has 250 valence electrons. The number of anilines is 1. The number of rotatable bonds is 11. The Hall–Kier alpha value is -5.00. The van der Waals surface area contributed by atoms with E-state index in [0.717, 1.165) is 27.8 Å². The number of halogens is 1. The van der Waals surface area contributed by atoms with Crippen LogP contribution >= 0.6 is 0 Å². The number of pyridine rings is 2. The highest BCUT2D eigenvalue weighted by atomic mass is 19.1. The number of hydrogen-bond acceptors (Lipinski definition) is 7. The van der Waals surface area contributed by atoms with Crippen LogP contribution in [0.1, 0.15) is 67.2 Å². The average Bonchev–Trinajstić information content (AvgIpc) is 3.34. The molecule has 0 fully saturated rings. The van der Waals surface area contributed by atoms with Crippen molar-refractivity contribution in [2.24, 2.45) is 0 Å². The molecular formula is C35H43FN6O5. The van der Waals surface area contributed by atoms with E-state index in [9.17, 15) is 18.8 Å². The number of H-pyrrole nitrogens is 1. The molecule has 0 saturated heterocycles. The summed E-state index contributed by atoms with van der Waals surface area (Å²) in [6, 6.07) is 13.0. The van der Waals surface area contributed by atoms with Gasteiger partial charge in [0.05, 0.1) is 5.69 Å². The van der Waals surface area contributed by atoms with Gasteiger partial charge in [-0.3, -0.25) is 9.78 Å². The zero-order valence-electron chi connectivity index (χ0n) is 27.7. The summed E-state index contributed by atoms with van der Waals surface area (Å²) >= 11 is 0. The Kier molecular flexibility index (Phi) is 11.2. The first-order valence-corrected chi connectivity index (χ1v) is 15.6. The van der Waals surface area contributed by atoms with Crippen molar-refractivity contribution in [2.45, 2.75) is 84.5 Å². The minimum atomic E-state index is -0.703. The first-order chi connectivity index (χ1) is 22.2.